The van der Waals surface area contributed by atoms with Crippen molar-refractivity contribution in [2.24, 2.45) is 5.73 Å². The predicted molar refractivity (Wildman–Crippen MR) is 68.3 cm³/mol. The summed E-state index contributed by atoms with van der Waals surface area (Å²) in [6, 6.07) is 3.23. The molecule has 0 aliphatic heterocycles. The standard InChI is InChI=1S/C10H12N4O2S2/c11-4-8-3-10(17-6-8)18(15,16)14-5-9-1-2-12-7-13-9/h1-3,6-7,14H,4-5,11H2. The summed E-state index contributed by atoms with van der Waals surface area (Å²) < 4.78 is 26.6. The van der Waals surface area contributed by atoms with Gasteiger partial charge >= 0.3 is 0 Å². The van der Waals surface area contributed by atoms with Crippen molar-refractivity contribution in [2.75, 3.05) is 0 Å². The fraction of sp³-hybridized carbons (Fsp3) is 0.200. The number of nitrogens with one attached hydrogen (secondary N) is 1. The molecule has 0 aliphatic carbocycles. The van der Waals surface area contributed by atoms with E-state index in [0.29, 0.717) is 12.2 Å². The van der Waals surface area contributed by atoms with Gasteiger partial charge in [-0.25, -0.2) is 23.1 Å². The molecule has 6 nitrogen and oxygen atoms in total. The van der Waals surface area contributed by atoms with Gasteiger partial charge in [0.25, 0.3) is 0 Å². The van der Waals surface area contributed by atoms with Gasteiger partial charge in [0.2, 0.25) is 10.0 Å². The number of nitrogens with zero attached hydrogens (tertiary/aromatic N) is 2. The van der Waals surface area contributed by atoms with Crippen LogP contribution in [0.2, 0.25) is 0 Å². The summed E-state index contributed by atoms with van der Waals surface area (Å²) in [6.45, 7) is 0.471. The maximum atomic E-state index is 11.9. The van der Waals surface area contributed by atoms with Crippen LogP contribution in [0.5, 0.6) is 0 Å². The van der Waals surface area contributed by atoms with Crippen molar-refractivity contribution in [1.29, 1.82) is 0 Å². The fourth-order valence-corrected chi connectivity index (χ4v) is 3.53. The Hall–Kier alpha value is -1.35. The van der Waals surface area contributed by atoms with Crippen molar-refractivity contribution >= 4 is 21.4 Å². The number of rotatable bonds is 5. The van der Waals surface area contributed by atoms with Gasteiger partial charge in [-0.3, -0.25) is 0 Å². The average molecular weight is 284 g/mol. The second-order valence-electron chi connectivity index (χ2n) is 3.50. The molecular weight excluding hydrogens is 272 g/mol. The lowest BCUT2D eigenvalue weighted by Gasteiger charge is -2.03. The minimum Gasteiger partial charge on any atom is -0.326 e. The van der Waals surface area contributed by atoms with Crippen LogP contribution in [0.25, 0.3) is 0 Å². The minimum atomic E-state index is -3.50. The van der Waals surface area contributed by atoms with E-state index < -0.39 is 10.0 Å². The van der Waals surface area contributed by atoms with E-state index >= 15 is 0 Å². The summed E-state index contributed by atoms with van der Waals surface area (Å²) in [5.41, 5.74) is 6.87. The zero-order valence-corrected chi connectivity index (χ0v) is 11.0. The van der Waals surface area contributed by atoms with E-state index in [1.54, 1.807) is 23.7 Å². The van der Waals surface area contributed by atoms with Gasteiger partial charge < -0.3 is 5.73 Å². The van der Waals surface area contributed by atoms with E-state index in [1.807, 2.05) is 0 Å². The summed E-state index contributed by atoms with van der Waals surface area (Å²) in [4.78, 5) is 7.70. The van der Waals surface area contributed by atoms with Crippen molar-refractivity contribution in [3.8, 4) is 0 Å². The molecule has 0 aromatic carbocycles. The molecule has 2 aromatic rings. The monoisotopic (exact) mass is 284 g/mol. The van der Waals surface area contributed by atoms with E-state index in [0.717, 1.165) is 16.9 Å². The molecular formula is C10H12N4O2S2. The molecule has 2 aromatic heterocycles. The zero-order valence-electron chi connectivity index (χ0n) is 9.41. The Kier molecular flexibility index (Phi) is 4.02. The Balaban J connectivity index is 2.08. The fourth-order valence-electron chi connectivity index (χ4n) is 1.26. The molecule has 0 atom stereocenters. The Morgan fingerprint density at radius 3 is 2.89 bits per heavy atom. The normalized spacial score (nSPS) is 11.6. The van der Waals surface area contributed by atoms with Crippen LogP contribution >= 0.6 is 11.3 Å². The molecule has 8 heteroatoms. The second-order valence-corrected chi connectivity index (χ2v) is 6.41. The van der Waals surface area contributed by atoms with Crippen molar-refractivity contribution in [3.63, 3.8) is 0 Å². The van der Waals surface area contributed by atoms with Crippen LogP contribution in [-0.4, -0.2) is 18.4 Å². The van der Waals surface area contributed by atoms with Crippen LogP contribution in [-0.2, 0) is 23.1 Å². The van der Waals surface area contributed by atoms with Gasteiger partial charge in [0.1, 0.15) is 10.5 Å². The molecule has 2 heterocycles. The van der Waals surface area contributed by atoms with Gasteiger partial charge in [-0.1, -0.05) is 0 Å². The minimum absolute atomic E-state index is 0.140. The van der Waals surface area contributed by atoms with Crippen LogP contribution in [0.3, 0.4) is 0 Å². The topological polar surface area (TPSA) is 98.0 Å². The number of sulfonamides is 1. The summed E-state index contributed by atoms with van der Waals surface area (Å²) in [6.07, 6.45) is 2.94. The Morgan fingerprint density at radius 2 is 2.28 bits per heavy atom. The lowest BCUT2D eigenvalue weighted by atomic mass is 10.4. The lowest BCUT2D eigenvalue weighted by Crippen LogP contribution is -2.22. The molecule has 0 radical (unpaired) electrons. The number of nitrogens with two attached hydrogens (primary N) is 1. The summed E-state index contributed by atoms with van der Waals surface area (Å²) in [5, 5.41) is 1.74. The highest BCUT2D eigenvalue weighted by Crippen LogP contribution is 2.19. The molecule has 0 bridgehead atoms. The second kappa shape index (κ2) is 5.53. The van der Waals surface area contributed by atoms with Crippen LogP contribution < -0.4 is 10.5 Å². The molecule has 96 valence electrons. The third-order valence-corrected chi connectivity index (χ3v) is 5.11. The molecule has 0 spiro atoms. The van der Waals surface area contributed by atoms with Gasteiger partial charge in [-0.2, -0.15) is 0 Å². The first-order valence-corrected chi connectivity index (χ1v) is 7.50. The molecule has 0 fully saturated rings. The van der Waals surface area contributed by atoms with Crippen molar-refractivity contribution in [1.82, 2.24) is 14.7 Å². The SMILES string of the molecule is NCc1csc(S(=O)(=O)NCc2ccncn2)c1. The van der Waals surface area contributed by atoms with Gasteiger partial charge in [-0.05, 0) is 23.1 Å². The quantitative estimate of drug-likeness (QED) is 0.832. The van der Waals surface area contributed by atoms with E-state index in [2.05, 4.69) is 14.7 Å². The van der Waals surface area contributed by atoms with Gasteiger partial charge in [0.05, 0.1) is 12.2 Å². The van der Waals surface area contributed by atoms with E-state index in [-0.39, 0.29) is 10.8 Å². The van der Waals surface area contributed by atoms with E-state index in [4.69, 9.17) is 5.73 Å². The first kappa shape index (κ1) is 13.1. The Morgan fingerprint density at radius 1 is 1.44 bits per heavy atom. The predicted octanol–water partition coefficient (Wildman–Crippen LogP) is 0.475. The largest absolute Gasteiger partial charge is 0.326 e. The van der Waals surface area contributed by atoms with Crippen molar-refractivity contribution in [2.45, 2.75) is 17.3 Å². The van der Waals surface area contributed by atoms with Gasteiger partial charge in [0, 0.05) is 12.7 Å². The molecule has 0 saturated carbocycles. The number of hydrogen-bond donors (Lipinski definition) is 2. The number of aromatic nitrogens is 2. The molecule has 0 amide bonds. The summed E-state index contributed by atoms with van der Waals surface area (Å²) in [5.74, 6) is 0. The van der Waals surface area contributed by atoms with Crippen LogP contribution in [0.1, 0.15) is 11.3 Å². The smallest absolute Gasteiger partial charge is 0.250 e. The maximum absolute atomic E-state index is 11.9. The Bertz CT molecular complexity index is 610. The molecule has 0 saturated heterocycles. The van der Waals surface area contributed by atoms with Crippen molar-refractivity contribution < 1.29 is 8.42 Å². The zero-order chi connectivity index (χ0) is 13.0. The van der Waals surface area contributed by atoms with Gasteiger partial charge in [-0.15, -0.1) is 11.3 Å². The van der Waals surface area contributed by atoms with Crippen molar-refractivity contribution in [3.05, 3.63) is 41.3 Å². The average Bonchev–Trinajstić information content (AvgIpc) is 2.87. The van der Waals surface area contributed by atoms with E-state index in [9.17, 15) is 8.42 Å². The highest BCUT2D eigenvalue weighted by molar-refractivity contribution is 7.91. The first-order valence-electron chi connectivity index (χ1n) is 5.14. The maximum Gasteiger partial charge on any atom is 0.250 e. The molecule has 0 unspecified atom stereocenters. The van der Waals surface area contributed by atoms with Crippen LogP contribution in [0, 0.1) is 0 Å². The number of thiophene rings is 1. The lowest BCUT2D eigenvalue weighted by molar-refractivity contribution is 0.582. The molecule has 3 N–H and O–H groups in total. The molecule has 0 aliphatic rings. The highest BCUT2D eigenvalue weighted by Gasteiger charge is 2.16. The molecule has 2 rings (SSSR count). The Labute approximate surface area is 109 Å². The first-order chi connectivity index (χ1) is 8.62. The molecule has 18 heavy (non-hydrogen) atoms. The third-order valence-electron chi connectivity index (χ3n) is 2.22. The van der Waals surface area contributed by atoms with Crippen LogP contribution in [0.15, 0.2) is 34.2 Å². The van der Waals surface area contributed by atoms with Crippen LogP contribution in [0.4, 0.5) is 0 Å². The highest BCUT2D eigenvalue weighted by atomic mass is 32.2. The summed E-state index contributed by atoms with van der Waals surface area (Å²) >= 11 is 1.15. The summed E-state index contributed by atoms with van der Waals surface area (Å²) in [7, 11) is -3.50. The van der Waals surface area contributed by atoms with Gasteiger partial charge in [0.15, 0.2) is 0 Å². The third kappa shape index (κ3) is 3.10. The van der Waals surface area contributed by atoms with E-state index in [1.165, 1.54) is 6.33 Å². The number of hydrogen-bond acceptors (Lipinski definition) is 6.